The molecule has 0 spiro atoms. The Bertz CT molecular complexity index is 304. The van der Waals surface area contributed by atoms with Crippen LogP contribution >= 0.6 is 15.9 Å². The van der Waals surface area contributed by atoms with Gasteiger partial charge < -0.3 is 5.32 Å². The van der Waals surface area contributed by atoms with E-state index in [4.69, 9.17) is 0 Å². The highest BCUT2D eigenvalue weighted by atomic mass is 79.9. The molecule has 0 fully saturated rings. The van der Waals surface area contributed by atoms with Gasteiger partial charge in [0.05, 0.1) is 0 Å². The lowest BCUT2D eigenvalue weighted by atomic mass is 9.99. The Labute approximate surface area is 106 Å². The standard InChI is InChI=1S/C12H20BrN3/c1-3-5-6-10(4-2)8-14-12-7-11(13)15-9-16-12/h7,9-10H,3-6,8H2,1-2H3,(H,14,15,16). The maximum Gasteiger partial charge on any atom is 0.130 e. The van der Waals surface area contributed by atoms with Crippen LogP contribution in [0.1, 0.15) is 39.5 Å². The molecule has 0 radical (unpaired) electrons. The van der Waals surface area contributed by atoms with Gasteiger partial charge in [-0.15, -0.1) is 0 Å². The van der Waals surface area contributed by atoms with Crippen molar-refractivity contribution in [3.05, 3.63) is 17.0 Å². The zero-order valence-corrected chi connectivity index (χ0v) is 11.6. The number of halogens is 1. The van der Waals surface area contributed by atoms with Crippen molar-refractivity contribution in [2.75, 3.05) is 11.9 Å². The molecule has 1 rings (SSSR count). The van der Waals surface area contributed by atoms with Gasteiger partial charge in [-0.05, 0) is 28.3 Å². The number of hydrogen-bond acceptors (Lipinski definition) is 3. The van der Waals surface area contributed by atoms with E-state index in [1.54, 1.807) is 6.33 Å². The summed E-state index contributed by atoms with van der Waals surface area (Å²) < 4.78 is 0.826. The van der Waals surface area contributed by atoms with Crippen LogP contribution in [0.15, 0.2) is 17.0 Å². The number of unbranched alkanes of at least 4 members (excludes halogenated alkanes) is 1. The normalized spacial score (nSPS) is 12.4. The van der Waals surface area contributed by atoms with Gasteiger partial charge in [0, 0.05) is 12.6 Å². The summed E-state index contributed by atoms with van der Waals surface area (Å²) in [6.07, 6.45) is 6.67. The minimum absolute atomic E-state index is 0.744. The second-order valence-corrected chi connectivity index (χ2v) is 4.84. The first-order valence-electron chi connectivity index (χ1n) is 5.97. The SMILES string of the molecule is CCCCC(CC)CNc1cc(Br)ncn1. The van der Waals surface area contributed by atoms with Crippen molar-refractivity contribution in [2.24, 2.45) is 5.92 Å². The topological polar surface area (TPSA) is 37.8 Å². The van der Waals surface area contributed by atoms with Gasteiger partial charge in [-0.3, -0.25) is 0 Å². The molecular weight excluding hydrogens is 266 g/mol. The lowest BCUT2D eigenvalue weighted by Gasteiger charge is -2.15. The fraction of sp³-hybridized carbons (Fsp3) is 0.667. The van der Waals surface area contributed by atoms with Crippen LogP contribution in [0, 0.1) is 5.92 Å². The van der Waals surface area contributed by atoms with E-state index in [9.17, 15) is 0 Å². The summed E-state index contributed by atoms with van der Waals surface area (Å²) in [5.41, 5.74) is 0. The molecule has 16 heavy (non-hydrogen) atoms. The largest absolute Gasteiger partial charge is 0.370 e. The van der Waals surface area contributed by atoms with Gasteiger partial charge in [0.15, 0.2) is 0 Å². The number of nitrogens with zero attached hydrogens (tertiary/aromatic N) is 2. The van der Waals surface area contributed by atoms with Gasteiger partial charge in [-0.25, -0.2) is 9.97 Å². The van der Waals surface area contributed by atoms with Crippen LogP contribution in [0.5, 0.6) is 0 Å². The fourth-order valence-corrected chi connectivity index (χ4v) is 1.93. The van der Waals surface area contributed by atoms with Gasteiger partial charge >= 0.3 is 0 Å². The van der Waals surface area contributed by atoms with Gasteiger partial charge in [-0.2, -0.15) is 0 Å². The zero-order chi connectivity index (χ0) is 11.8. The highest BCUT2D eigenvalue weighted by molar-refractivity contribution is 9.10. The van der Waals surface area contributed by atoms with E-state index < -0.39 is 0 Å². The van der Waals surface area contributed by atoms with Crippen LogP contribution in [0.25, 0.3) is 0 Å². The zero-order valence-electron chi connectivity index (χ0n) is 10.0. The first kappa shape index (κ1) is 13.4. The van der Waals surface area contributed by atoms with Crippen LogP contribution in [-0.2, 0) is 0 Å². The molecule has 90 valence electrons. The van der Waals surface area contributed by atoms with Crippen molar-refractivity contribution in [3.63, 3.8) is 0 Å². The number of anilines is 1. The van der Waals surface area contributed by atoms with E-state index in [-0.39, 0.29) is 0 Å². The molecular formula is C12H20BrN3. The maximum atomic E-state index is 4.17. The lowest BCUT2D eigenvalue weighted by molar-refractivity contribution is 0.472. The minimum Gasteiger partial charge on any atom is -0.370 e. The highest BCUT2D eigenvalue weighted by Gasteiger charge is 2.05. The average molecular weight is 286 g/mol. The Kier molecular flexibility index (Phi) is 6.38. The van der Waals surface area contributed by atoms with E-state index in [0.717, 1.165) is 22.9 Å². The number of nitrogens with one attached hydrogen (secondary N) is 1. The quantitative estimate of drug-likeness (QED) is 0.773. The molecule has 1 N–H and O–H groups in total. The summed E-state index contributed by atoms with van der Waals surface area (Å²) >= 11 is 3.34. The fourth-order valence-electron chi connectivity index (χ4n) is 1.62. The number of hydrogen-bond donors (Lipinski definition) is 1. The first-order valence-corrected chi connectivity index (χ1v) is 6.77. The summed E-state index contributed by atoms with van der Waals surface area (Å²) in [5.74, 6) is 1.64. The van der Waals surface area contributed by atoms with E-state index in [2.05, 4.69) is 45.1 Å². The molecule has 1 aromatic rings. The molecule has 1 atom stereocenters. The second-order valence-electron chi connectivity index (χ2n) is 4.02. The van der Waals surface area contributed by atoms with Crippen LogP contribution in [-0.4, -0.2) is 16.5 Å². The van der Waals surface area contributed by atoms with Crippen LogP contribution in [0.2, 0.25) is 0 Å². The van der Waals surface area contributed by atoms with Crippen molar-refractivity contribution in [2.45, 2.75) is 39.5 Å². The first-order chi connectivity index (χ1) is 7.76. The lowest BCUT2D eigenvalue weighted by Crippen LogP contribution is -2.14. The summed E-state index contributed by atoms with van der Waals surface area (Å²) in [5, 5.41) is 3.36. The third-order valence-electron chi connectivity index (χ3n) is 2.75. The van der Waals surface area contributed by atoms with Crippen molar-refractivity contribution in [3.8, 4) is 0 Å². The predicted octanol–water partition coefficient (Wildman–Crippen LogP) is 3.87. The Morgan fingerprint density at radius 2 is 2.19 bits per heavy atom. The summed E-state index contributed by atoms with van der Waals surface area (Å²) in [7, 11) is 0. The Hall–Kier alpha value is -0.640. The Morgan fingerprint density at radius 3 is 2.81 bits per heavy atom. The molecule has 0 amide bonds. The van der Waals surface area contributed by atoms with E-state index in [1.165, 1.54) is 25.7 Å². The van der Waals surface area contributed by atoms with Gasteiger partial charge in [0.25, 0.3) is 0 Å². The minimum atomic E-state index is 0.744. The van der Waals surface area contributed by atoms with Gasteiger partial charge in [-0.1, -0.05) is 33.1 Å². The molecule has 4 heteroatoms. The van der Waals surface area contributed by atoms with Crippen molar-refractivity contribution in [1.82, 2.24) is 9.97 Å². The molecule has 0 saturated heterocycles. The smallest absolute Gasteiger partial charge is 0.130 e. The third-order valence-corrected chi connectivity index (χ3v) is 3.18. The molecule has 1 unspecified atom stereocenters. The van der Waals surface area contributed by atoms with E-state index in [1.807, 2.05) is 6.07 Å². The Balaban J connectivity index is 2.37. The summed E-state index contributed by atoms with van der Waals surface area (Å²) in [6.45, 7) is 5.49. The molecule has 0 aliphatic carbocycles. The molecule has 1 heterocycles. The molecule has 0 saturated carbocycles. The van der Waals surface area contributed by atoms with Crippen LogP contribution in [0.3, 0.4) is 0 Å². The van der Waals surface area contributed by atoms with Crippen molar-refractivity contribution >= 4 is 21.7 Å². The maximum absolute atomic E-state index is 4.17. The summed E-state index contributed by atoms with van der Waals surface area (Å²) in [6, 6.07) is 1.91. The van der Waals surface area contributed by atoms with Crippen LogP contribution < -0.4 is 5.32 Å². The predicted molar refractivity (Wildman–Crippen MR) is 71.5 cm³/mol. The molecule has 0 aliphatic rings. The number of aromatic nitrogens is 2. The molecule has 0 aliphatic heterocycles. The van der Waals surface area contributed by atoms with E-state index >= 15 is 0 Å². The van der Waals surface area contributed by atoms with Crippen molar-refractivity contribution < 1.29 is 0 Å². The third kappa shape index (κ3) is 4.92. The van der Waals surface area contributed by atoms with Gasteiger partial charge in [0.1, 0.15) is 16.7 Å². The Morgan fingerprint density at radius 1 is 1.38 bits per heavy atom. The average Bonchev–Trinajstić information content (AvgIpc) is 2.29. The molecule has 0 bridgehead atoms. The molecule has 0 aromatic carbocycles. The van der Waals surface area contributed by atoms with E-state index in [0.29, 0.717) is 0 Å². The summed E-state index contributed by atoms with van der Waals surface area (Å²) in [4.78, 5) is 8.18. The molecule has 3 nitrogen and oxygen atoms in total. The number of rotatable bonds is 7. The molecule has 1 aromatic heterocycles. The monoisotopic (exact) mass is 285 g/mol. The van der Waals surface area contributed by atoms with Crippen molar-refractivity contribution in [1.29, 1.82) is 0 Å². The second kappa shape index (κ2) is 7.60. The van der Waals surface area contributed by atoms with Gasteiger partial charge in [0.2, 0.25) is 0 Å². The highest BCUT2D eigenvalue weighted by Crippen LogP contribution is 2.15. The van der Waals surface area contributed by atoms with Crippen LogP contribution in [0.4, 0.5) is 5.82 Å².